The monoisotopic (exact) mass is 343 g/mol. The molecule has 0 aliphatic heterocycles. The molecule has 1 atom stereocenters. The van der Waals surface area contributed by atoms with Gasteiger partial charge in [0.25, 0.3) is 0 Å². The zero-order valence-corrected chi connectivity index (χ0v) is 14.0. The van der Waals surface area contributed by atoms with Gasteiger partial charge >= 0.3 is 0 Å². The smallest absolute Gasteiger partial charge is 0.147 e. The summed E-state index contributed by atoms with van der Waals surface area (Å²) in [5.41, 5.74) is 1.06. The van der Waals surface area contributed by atoms with Crippen molar-refractivity contribution in [3.8, 4) is 0 Å². The number of nitrogens with one attached hydrogen (secondary N) is 2. The molecule has 2 aromatic rings. The molecule has 2 N–H and O–H groups in total. The summed E-state index contributed by atoms with van der Waals surface area (Å²) in [5.74, 6) is 1.20. The lowest BCUT2D eigenvalue weighted by atomic mass is 10.1. The van der Waals surface area contributed by atoms with E-state index in [4.69, 9.17) is 34.8 Å². The van der Waals surface area contributed by atoms with E-state index >= 15 is 0 Å². The number of pyridine rings is 1. The van der Waals surface area contributed by atoms with Crippen molar-refractivity contribution in [3.05, 3.63) is 51.0 Å². The van der Waals surface area contributed by atoms with E-state index in [0.717, 1.165) is 12.1 Å². The molecule has 1 heterocycles. The molecule has 21 heavy (non-hydrogen) atoms. The number of halogens is 3. The first-order chi connectivity index (χ1) is 10.0. The molecule has 1 aromatic heterocycles. The molecule has 0 saturated heterocycles. The average Bonchev–Trinajstić information content (AvgIpc) is 2.44. The summed E-state index contributed by atoms with van der Waals surface area (Å²) >= 11 is 18.3. The number of rotatable bonds is 5. The van der Waals surface area contributed by atoms with E-state index in [0.29, 0.717) is 26.7 Å². The fraction of sp³-hybridized carbons (Fsp3) is 0.267. The Morgan fingerprint density at radius 1 is 1.10 bits per heavy atom. The Hall–Kier alpha value is -1.16. The minimum atomic E-state index is 0.0179. The Morgan fingerprint density at radius 2 is 1.81 bits per heavy atom. The molecule has 3 nitrogen and oxygen atoms in total. The lowest BCUT2D eigenvalue weighted by molar-refractivity contribution is 0.875. The maximum atomic E-state index is 6.20. The predicted octanol–water partition coefficient (Wildman–Crippen LogP) is 5.65. The molecule has 6 heteroatoms. The highest BCUT2D eigenvalue weighted by Gasteiger charge is 2.12. The fourth-order valence-electron chi connectivity index (χ4n) is 1.92. The van der Waals surface area contributed by atoms with Crippen molar-refractivity contribution in [2.24, 2.45) is 0 Å². The lowest BCUT2D eigenvalue weighted by Crippen LogP contribution is -2.10. The van der Waals surface area contributed by atoms with Crippen LogP contribution in [0.3, 0.4) is 0 Å². The minimum absolute atomic E-state index is 0.0179. The van der Waals surface area contributed by atoms with Gasteiger partial charge in [-0.1, -0.05) is 46.9 Å². The second kappa shape index (κ2) is 7.21. The highest BCUT2D eigenvalue weighted by Crippen LogP contribution is 2.31. The van der Waals surface area contributed by atoms with Gasteiger partial charge < -0.3 is 10.6 Å². The molecule has 0 fully saturated rings. The van der Waals surface area contributed by atoms with E-state index in [1.165, 1.54) is 0 Å². The molecule has 0 aliphatic carbocycles. The molecular formula is C15H16Cl3N3. The third-order valence-electron chi connectivity index (χ3n) is 2.98. The zero-order chi connectivity index (χ0) is 15.4. The number of anilines is 2. The summed E-state index contributed by atoms with van der Waals surface area (Å²) < 4.78 is 0. The number of aromatic nitrogens is 1. The van der Waals surface area contributed by atoms with Crippen LogP contribution in [0.1, 0.15) is 25.5 Å². The van der Waals surface area contributed by atoms with Gasteiger partial charge in [0.05, 0.1) is 16.1 Å². The Balaban J connectivity index is 2.24. The first-order valence-electron chi connectivity index (χ1n) is 6.63. The Morgan fingerprint density at radius 3 is 2.48 bits per heavy atom. The van der Waals surface area contributed by atoms with Crippen LogP contribution in [0, 0.1) is 0 Å². The van der Waals surface area contributed by atoms with Crippen LogP contribution < -0.4 is 10.6 Å². The van der Waals surface area contributed by atoms with E-state index in [2.05, 4.69) is 15.6 Å². The van der Waals surface area contributed by atoms with Crippen LogP contribution in [-0.4, -0.2) is 11.5 Å². The maximum absolute atomic E-state index is 6.20. The van der Waals surface area contributed by atoms with Gasteiger partial charge in [-0.25, -0.2) is 4.98 Å². The van der Waals surface area contributed by atoms with Crippen molar-refractivity contribution in [2.75, 3.05) is 17.2 Å². The summed E-state index contributed by atoms with van der Waals surface area (Å²) in [6.45, 7) is 4.73. The number of benzene rings is 1. The Kier molecular flexibility index (Phi) is 5.57. The summed E-state index contributed by atoms with van der Waals surface area (Å²) in [5, 5.41) is 8.07. The highest BCUT2D eigenvalue weighted by atomic mass is 35.5. The van der Waals surface area contributed by atoms with Gasteiger partial charge in [0, 0.05) is 11.6 Å². The Labute approximate surface area is 139 Å². The molecule has 2 rings (SSSR count). The van der Waals surface area contributed by atoms with Gasteiger partial charge in [-0.3, -0.25) is 0 Å². The number of nitrogens with zero attached hydrogens (tertiary/aromatic N) is 1. The maximum Gasteiger partial charge on any atom is 0.147 e. The van der Waals surface area contributed by atoms with Gasteiger partial charge in [0.1, 0.15) is 11.6 Å². The van der Waals surface area contributed by atoms with Crippen molar-refractivity contribution in [1.82, 2.24) is 4.98 Å². The van der Waals surface area contributed by atoms with Gasteiger partial charge in [-0.05, 0) is 37.6 Å². The average molecular weight is 345 g/mol. The lowest BCUT2D eigenvalue weighted by Gasteiger charge is -2.17. The van der Waals surface area contributed by atoms with Crippen LogP contribution in [0.2, 0.25) is 15.1 Å². The summed E-state index contributed by atoms with van der Waals surface area (Å²) in [6, 6.07) is 9.36. The first-order valence-corrected chi connectivity index (χ1v) is 7.76. The molecule has 112 valence electrons. The van der Waals surface area contributed by atoms with E-state index in [1.807, 2.05) is 38.1 Å². The van der Waals surface area contributed by atoms with Gasteiger partial charge in [-0.15, -0.1) is 0 Å². The third kappa shape index (κ3) is 4.16. The molecule has 0 spiro atoms. The molecule has 0 bridgehead atoms. The molecule has 1 unspecified atom stereocenters. The third-order valence-corrected chi connectivity index (χ3v) is 3.79. The zero-order valence-electron chi connectivity index (χ0n) is 11.8. The van der Waals surface area contributed by atoms with Crippen molar-refractivity contribution in [3.63, 3.8) is 0 Å². The van der Waals surface area contributed by atoms with Crippen LogP contribution in [0.25, 0.3) is 0 Å². The number of hydrogen-bond donors (Lipinski definition) is 2. The minimum Gasteiger partial charge on any atom is -0.369 e. The first kappa shape index (κ1) is 16.2. The van der Waals surface area contributed by atoms with E-state index in [1.54, 1.807) is 6.07 Å². The second-order valence-electron chi connectivity index (χ2n) is 4.60. The molecule has 0 saturated carbocycles. The largest absolute Gasteiger partial charge is 0.369 e. The van der Waals surface area contributed by atoms with Crippen LogP contribution in [0.15, 0.2) is 30.3 Å². The van der Waals surface area contributed by atoms with Crippen LogP contribution >= 0.6 is 34.8 Å². The second-order valence-corrected chi connectivity index (χ2v) is 5.85. The van der Waals surface area contributed by atoms with Crippen LogP contribution in [0.4, 0.5) is 11.6 Å². The number of hydrogen-bond acceptors (Lipinski definition) is 3. The van der Waals surface area contributed by atoms with Crippen molar-refractivity contribution in [1.29, 1.82) is 0 Å². The quantitative estimate of drug-likeness (QED) is 0.736. The highest BCUT2D eigenvalue weighted by molar-refractivity contribution is 6.37. The van der Waals surface area contributed by atoms with Gasteiger partial charge in [0.2, 0.25) is 0 Å². The summed E-state index contributed by atoms with van der Waals surface area (Å²) in [6.07, 6.45) is 0. The van der Waals surface area contributed by atoms with E-state index < -0.39 is 0 Å². The van der Waals surface area contributed by atoms with E-state index in [-0.39, 0.29) is 6.04 Å². The molecular weight excluding hydrogens is 329 g/mol. The SMILES string of the molecule is CCNc1nc(NC(C)c2cccc(Cl)c2)c(Cl)cc1Cl. The summed E-state index contributed by atoms with van der Waals surface area (Å²) in [7, 11) is 0. The van der Waals surface area contributed by atoms with Crippen LogP contribution in [-0.2, 0) is 0 Å². The molecule has 1 aromatic carbocycles. The molecule has 0 aliphatic rings. The van der Waals surface area contributed by atoms with Gasteiger partial charge in [0.15, 0.2) is 0 Å². The normalized spacial score (nSPS) is 12.0. The predicted molar refractivity (Wildman–Crippen MR) is 91.9 cm³/mol. The molecule has 0 radical (unpaired) electrons. The molecule has 0 amide bonds. The van der Waals surface area contributed by atoms with Crippen LogP contribution in [0.5, 0.6) is 0 Å². The Bertz CT molecular complexity index is 632. The standard InChI is InChI=1S/C15H16Cl3N3/c1-3-19-14-12(17)8-13(18)15(21-14)20-9(2)10-5-4-6-11(16)7-10/h4-9H,3H2,1-2H3,(H2,19,20,21). The topological polar surface area (TPSA) is 37.0 Å². The van der Waals surface area contributed by atoms with Crippen molar-refractivity contribution in [2.45, 2.75) is 19.9 Å². The fourth-order valence-corrected chi connectivity index (χ4v) is 2.60. The summed E-state index contributed by atoms with van der Waals surface area (Å²) in [4.78, 5) is 4.43. The van der Waals surface area contributed by atoms with Crippen molar-refractivity contribution >= 4 is 46.4 Å². The van der Waals surface area contributed by atoms with Gasteiger partial charge in [-0.2, -0.15) is 0 Å². The van der Waals surface area contributed by atoms with Crippen molar-refractivity contribution < 1.29 is 0 Å². The van der Waals surface area contributed by atoms with E-state index in [9.17, 15) is 0 Å².